The average molecular weight is 435 g/mol. The SMILES string of the molecule is Cc1ccc(NC(=O)c2cc(NS(=O)(=O)c3ccc(Cl)cc3)ccc2Cl)cc1. The molecule has 3 rings (SSSR count). The molecule has 0 radical (unpaired) electrons. The molecule has 3 aromatic carbocycles. The second kappa shape index (κ2) is 8.22. The van der Waals surface area contributed by atoms with Crippen LogP contribution in [0.1, 0.15) is 15.9 Å². The van der Waals surface area contributed by atoms with Crippen molar-refractivity contribution in [1.29, 1.82) is 0 Å². The molecule has 1 amide bonds. The van der Waals surface area contributed by atoms with E-state index in [-0.39, 0.29) is 21.2 Å². The molecule has 0 bridgehead atoms. The normalized spacial score (nSPS) is 11.1. The van der Waals surface area contributed by atoms with Crippen LogP contribution in [0.3, 0.4) is 0 Å². The Morgan fingerprint density at radius 2 is 1.46 bits per heavy atom. The first-order valence-electron chi connectivity index (χ1n) is 8.20. The molecule has 0 spiro atoms. The van der Waals surface area contributed by atoms with Crippen LogP contribution in [-0.4, -0.2) is 14.3 Å². The van der Waals surface area contributed by atoms with Crippen molar-refractivity contribution in [3.63, 3.8) is 0 Å². The minimum Gasteiger partial charge on any atom is -0.322 e. The monoisotopic (exact) mass is 434 g/mol. The molecule has 3 aromatic rings. The standard InChI is InChI=1S/C20H16Cl2N2O3S/c1-13-2-6-15(7-3-13)23-20(25)18-12-16(8-11-19(18)22)24-28(26,27)17-9-4-14(21)5-10-17/h2-12,24H,1H3,(H,23,25). The molecule has 0 aliphatic carbocycles. The number of hydrogen-bond acceptors (Lipinski definition) is 3. The third kappa shape index (κ3) is 4.84. The summed E-state index contributed by atoms with van der Waals surface area (Å²) in [5.74, 6) is -0.443. The second-order valence-electron chi connectivity index (χ2n) is 6.07. The van der Waals surface area contributed by atoms with E-state index in [0.717, 1.165) is 5.56 Å². The van der Waals surface area contributed by atoms with Gasteiger partial charge in [-0.25, -0.2) is 8.42 Å². The largest absolute Gasteiger partial charge is 0.322 e. The first kappa shape index (κ1) is 20.2. The third-order valence-electron chi connectivity index (χ3n) is 3.90. The summed E-state index contributed by atoms with van der Waals surface area (Å²) < 4.78 is 27.5. The highest BCUT2D eigenvalue weighted by Gasteiger charge is 2.17. The molecule has 0 heterocycles. The van der Waals surface area contributed by atoms with Gasteiger partial charge in [0.25, 0.3) is 15.9 Å². The number of benzene rings is 3. The van der Waals surface area contributed by atoms with Gasteiger partial charge in [0.1, 0.15) is 0 Å². The van der Waals surface area contributed by atoms with Crippen LogP contribution >= 0.6 is 23.2 Å². The molecule has 2 N–H and O–H groups in total. The minimum atomic E-state index is -3.83. The van der Waals surface area contributed by atoms with Gasteiger partial charge >= 0.3 is 0 Å². The number of hydrogen-bond donors (Lipinski definition) is 2. The van der Waals surface area contributed by atoms with Crippen LogP contribution in [-0.2, 0) is 10.0 Å². The minimum absolute atomic E-state index is 0.0532. The number of amides is 1. The lowest BCUT2D eigenvalue weighted by Gasteiger charge is -2.11. The molecule has 144 valence electrons. The van der Waals surface area contributed by atoms with Crippen LogP contribution in [0.15, 0.2) is 71.6 Å². The Labute approximate surface area is 173 Å². The predicted molar refractivity (Wildman–Crippen MR) is 113 cm³/mol. The maximum absolute atomic E-state index is 12.6. The fourth-order valence-corrected chi connectivity index (χ4v) is 3.80. The summed E-state index contributed by atoms with van der Waals surface area (Å²) in [5.41, 5.74) is 2.04. The van der Waals surface area contributed by atoms with E-state index in [1.165, 1.54) is 42.5 Å². The van der Waals surface area contributed by atoms with Crippen LogP contribution in [0.5, 0.6) is 0 Å². The smallest absolute Gasteiger partial charge is 0.261 e. The zero-order valence-electron chi connectivity index (χ0n) is 14.7. The predicted octanol–water partition coefficient (Wildman–Crippen LogP) is 5.35. The first-order valence-corrected chi connectivity index (χ1v) is 10.4. The van der Waals surface area contributed by atoms with Gasteiger partial charge in [0.15, 0.2) is 0 Å². The molecule has 0 fully saturated rings. The van der Waals surface area contributed by atoms with Gasteiger partial charge in [-0.1, -0.05) is 40.9 Å². The highest BCUT2D eigenvalue weighted by Crippen LogP contribution is 2.24. The summed E-state index contributed by atoms with van der Waals surface area (Å²) in [6, 6.07) is 17.4. The fraction of sp³-hybridized carbons (Fsp3) is 0.0500. The van der Waals surface area contributed by atoms with Crippen molar-refractivity contribution < 1.29 is 13.2 Å². The number of nitrogens with one attached hydrogen (secondary N) is 2. The van der Waals surface area contributed by atoms with Gasteiger partial charge in [0.05, 0.1) is 15.5 Å². The van der Waals surface area contributed by atoms with Crippen molar-refractivity contribution >= 4 is 50.5 Å². The molecule has 0 atom stereocenters. The molecular weight excluding hydrogens is 419 g/mol. The summed E-state index contributed by atoms with van der Waals surface area (Å²) in [5, 5.41) is 3.38. The Balaban J connectivity index is 1.83. The number of carbonyl (C=O) groups is 1. The summed E-state index contributed by atoms with van der Waals surface area (Å²) in [6.07, 6.45) is 0. The van der Waals surface area contributed by atoms with E-state index in [2.05, 4.69) is 10.0 Å². The van der Waals surface area contributed by atoms with Crippen LogP contribution in [0.2, 0.25) is 10.0 Å². The van der Waals surface area contributed by atoms with E-state index in [1.807, 2.05) is 19.1 Å². The zero-order valence-corrected chi connectivity index (χ0v) is 17.1. The van der Waals surface area contributed by atoms with Gasteiger partial charge in [0.2, 0.25) is 0 Å². The van der Waals surface area contributed by atoms with Crippen molar-refractivity contribution in [2.24, 2.45) is 0 Å². The Morgan fingerprint density at radius 3 is 2.11 bits per heavy atom. The lowest BCUT2D eigenvalue weighted by atomic mass is 10.1. The summed E-state index contributed by atoms with van der Waals surface area (Å²) in [7, 11) is -3.83. The van der Waals surface area contributed by atoms with Gasteiger partial charge in [-0.3, -0.25) is 9.52 Å². The summed E-state index contributed by atoms with van der Waals surface area (Å²) in [6.45, 7) is 1.94. The molecule has 5 nitrogen and oxygen atoms in total. The highest BCUT2D eigenvalue weighted by molar-refractivity contribution is 7.92. The maximum Gasteiger partial charge on any atom is 0.261 e. The number of rotatable bonds is 5. The molecule has 0 saturated heterocycles. The van der Waals surface area contributed by atoms with E-state index in [4.69, 9.17) is 23.2 Å². The van der Waals surface area contributed by atoms with E-state index in [0.29, 0.717) is 10.7 Å². The highest BCUT2D eigenvalue weighted by atomic mass is 35.5. The molecular formula is C20H16Cl2N2O3S. The number of anilines is 2. The third-order valence-corrected chi connectivity index (χ3v) is 5.88. The lowest BCUT2D eigenvalue weighted by molar-refractivity contribution is 0.102. The van der Waals surface area contributed by atoms with Gasteiger partial charge in [0, 0.05) is 16.4 Å². The van der Waals surface area contributed by atoms with E-state index in [9.17, 15) is 13.2 Å². The topological polar surface area (TPSA) is 75.3 Å². The Bertz CT molecular complexity index is 1110. The summed E-state index contributed by atoms with van der Waals surface area (Å²) >= 11 is 11.9. The molecule has 0 saturated carbocycles. The summed E-state index contributed by atoms with van der Waals surface area (Å²) in [4.78, 5) is 12.6. The van der Waals surface area contributed by atoms with Gasteiger partial charge in [-0.2, -0.15) is 0 Å². The lowest BCUT2D eigenvalue weighted by Crippen LogP contribution is -2.15. The molecule has 0 aromatic heterocycles. The van der Waals surface area contributed by atoms with E-state index >= 15 is 0 Å². The molecule has 8 heteroatoms. The molecule has 0 unspecified atom stereocenters. The van der Waals surface area contributed by atoms with Gasteiger partial charge in [-0.15, -0.1) is 0 Å². The van der Waals surface area contributed by atoms with Crippen molar-refractivity contribution in [1.82, 2.24) is 0 Å². The van der Waals surface area contributed by atoms with Crippen molar-refractivity contribution in [3.8, 4) is 0 Å². The number of halogens is 2. The first-order chi connectivity index (χ1) is 13.2. The Morgan fingerprint density at radius 1 is 0.857 bits per heavy atom. The molecule has 28 heavy (non-hydrogen) atoms. The van der Waals surface area contributed by atoms with Crippen LogP contribution in [0.4, 0.5) is 11.4 Å². The Hall–Kier alpha value is -2.54. The quantitative estimate of drug-likeness (QED) is 0.567. The number of aryl methyl sites for hydroxylation is 1. The molecule has 0 aliphatic heterocycles. The molecule has 0 aliphatic rings. The van der Waals surface area contributed by atoms with E-state index < -0.39 is 15.9 Å². The van der Waals surface area contributed by atoms with Crippen LogP contribution in [0.25, 0.3) is 0 Å². The van der Waals surface area contributed by atoms with Crippen molar-refractivity contribution in [3.05, 3.63) is 87.9 Å². The van der Waals surface area contributed by atoms with Gasteiger partial charge in [-0.05, 0) is 61.5 Å². The van der Waals surface area contributed by atoms with Crippen molar-refractivity contribution in [2.75, 3.05) is 10.0 Å². The van der Waals surface area contributed by atoms with Gasteiger partial charge < -0.3 is 5.32 Å². The van der Waals surface area contributed by atoms with Crippen LogP contribution in [0, 0.1) is 6.92 Å². The second-order valence-corrected chi connectivity index (χ2v) is 8.60. The zero-order chi connectivity index (χ0) is 20.3. The number of carbonyl (C=O) groups excluding carboxylic acids is 1. The van der Waals surface area contributed by atoms with Crippen molar-refractivity contribution in [2.45, 2.75) is 11.8 Å². The fourth-order valence-electron chi connectivity index (χ4n) is 2.43. The Kier molecular flexibility index (Phi) is 5.93. The number of sulfonamides is 1. The van der Waals surface area contributed by atoms with Crippen LogP contribution < -0.4 is 10.0 Å². The average Bonchev–Trinajstić information content (AvgIpc) is 2.65. The van der Waals surface area contributed by atoms with E-state index in [1.54, 1.807) is 12.1 Å². The maximum atomic E-state index is 12.6.